The van der Waals surface area contributed by atoms with Crippen LogP contribution in [0.15, 0.2) is 18.2 Å². The van der Waals surface area contributed by atoms with Crippen LogP contribution in [-0.2, 0) is 4.79 Å². The van der Waals surface area contributed by atoms with Crippen molar-refractivity contribution in [1.82, 2.24) is 10.6 Å². The lowest BCUT2D eigenvalue weighted by Crippen LogP contribution is -2.47. The molecule has 1 aromatic rings. The summed E-state index contributed by atoms with van der Waals surface area (Å²) < 4.78 is 5.75. The first-order valence-electron chi connectivity index (χ1n) is 7.79. The molecule has 1 saturated heterocycles. The molecule has 0 radical (unpaired) electrons. The first-order valence-corrected chi connectivity index (χ1v) is 7.79. The highest BCUT2D eigenvalue weighted by molar-refractivity contribution is 5.85. The molecule has 1 aliphatic rings. The van der Waals surface area contributed by atoms with E-state index in [2.05, 4.69) is 36.6 Å². The number of rotatable bonds is 5. The molecule has 1 atom stereocenters. The molecule has 0 bridgehead atoms. The van der Waals surface area contributed by atoms with Gasteiger partial charge < -0.3 is 15.4 Å². The molecule has 1 aliphatic heterocycles. The van der Waals surface area contributed by atoms with Crippen LogP contribution >= 0.6 is 12.4 Å². The quantitative estimate of drug-likeness (QED) is 0.874. The molecular weight excluding hydrogens is 300 g/mol. The standard InChI is InChI=1S/C17H26N2O2.ClH/c1-12(2)15-7-6-13(3)9-16(15)21-11-17(20)19-14-5-4-8-18-10-14;/h6-7,9,12,14,18H,4-5,8,10-11H2,1-3H3,(H,19,20);1H. The maximum atomic E-state index is 12.0. The van der Waals surface area contributed by atoms with E-state index in [-0.39, 0.29) is 31.0 Å². The number of hydrogen-bond acceptors (Lipinski definition) is 3. The molecule has 22 heavy (non-hydrogen) atoms. The minimum atomic E-state index is -0.0417. The summed E-state index contributed by atoms with van der Waals surface area (Å²) >= 11 is 0. The number of benzene rings is 1. The summed E-state index contributed by atoms with van der Waals surface area (Å²) in [7, 11) is 0. The maximum absolute atomic E-state index is 12.0. The second kappa shape index (κ2) is 9.01. The zero-order valence-corrected chi connectivity index (χ0v) is 14.5. The Bertz CT molecular complexity index is 486. The van der Waals surface area contributed by atoms with Crippen LogP contribution in [0.2, 0.25) is 0 Å². The van der Waals surface area contributed by atoms with Crippen molar-refractivity contribution in [3.63, 3.8) is 0 Å². The molecule has 0 spiro atoms. The van der Waals surface area contributed by atoms with Gasteiger partial charge in [-0.1, -0.05) is 26.0 Å². The van der Waals surface area contributed by atoms with Crippen LogP contribution in [0.4, 0.5) is 0 Å². The number of aryl methyl sites for hydroxylation is 1. The summed E-state index contributed by atoms with van der Waals surface area (Å²) in [4.78, 5) is 12.0. The van der Waals surface area contributed by atoms with Gasteiger partial charge in [0.05, 0.1) is 0 Å². The summed E-state index contributed by atoms with van der Waals surface area (Å²) in [6.07, 6.45) is 2.15. The second-order valence-corrected chi connectivity index (χ2v) is 6.10. The molecule has 0 aromatic heterocycles. The van der Waals surface area contributed by atoms with Gasteiger partial charge in [-0.15, -0.1) is 12.4 Å². The SMILES string of the molecule is Cc1ccc(C(C)C)c(OCC(=O)NC2CCCNC2)c1.Cl. The number of amides is 1. The largest absolute Gasteiger partial charge is 0.483 e. The zero-order chi connectivity index (χ0) is 15.2. The molecule has 0 saturated carbocycles. The number of halogens is 1. The molecule has 124 valence electrons. The van der Waals surface area contributed by atoms with E-state index in [0.29, 0.717) is 5.92 Å². The Hall–Kier alpha value is -1.26. The van der Waals surface area contributed by atoms with Crippen LogP contribution in [0.1, 0.15) is 43.7 Å². The summed E-state index contributed by atoms with van der Waals surface area (Å²) in [5.74, 6) is 1.16. The minimum absolute atomic E-state index is 0. The first-order chi connectivity index (χ1) is 10.1. The predicted molar refractivity (Wildman–Crippen MR) is 92.0 cm³/mol. The predicted octanol–water partition coefficient (Wildman–Crippen LogP) is 2.79. The van der Waals surface area contributed by atoms with Crippen LogP contribution in [-0.4, -0.2) is 31.6 Å². The van der Waals surface area contributed by atoms with E-state index in [1.54, 1.807) is 0 Å². The van der Waals surface area contributed by atoms with Gasteiger partial charge in [0, 0.05) is 12.6 Å². The number of carbonyl (C=O) groups is 1. The van der Waals surface area contributed by atoms with Crippen molar-refractivity contribution in [3.05, 3.63) is 29.3 Å². The van der Waals surface area contributed by atoms with Crippen LogP contribution in [0.3, 0.4) is 0 Å². The fourth-order valence-corrected chi connectivity index (χ4v) is 2.63. The van der Waals surface area contributed by atoms with Crippen LogP contribution in [0, 0.1) is 6.92 Å². The molecule has 1 heterocycles. The van der Waals surface area contributed by atoms with E-state index >= 15 is 0 Å². The van der Waals surface area contributed by atoms with E-state index in [0.717, 1.165) is 42.8 Å². The molecule has 4 nitrogen and oxygen atoms in total. The molecule has 5 heteroatoms. The molecular formula is C17H27ClN2O2. The average Bonchev–Trinajstić information content (AvgIpc) is 2.46. The Balaban J connectivity index is 0.00000242. The Labute approximate surface area is 139 Å². The molecule has 2 rings (SSSR count). The summed E-state index contributed by atoms with van der Waals surface area (Å²) in [5, 5.41) is 6.32. The minimum Gasteiger partial charge on any atom is -0.483 e. The highest BCUT2D eigenvalue weighted by Gasteiger charge is 2.16. The van der Waals surface area contributed by atoms with Gasteiger partial charge in [-0.25, -0.2) is 0 Å². The molecule has 2 N–H and O–H groups in total. The topological polar surface area (TPSA) is 50.4 Å². The van der Waals surface area contributed by atoms with E-state index in [9.17, 15) is 4.79 Å². The van der Waals surface area contributed by atoms with Gasteiger partial charge in [-0.05, 0) is 49.4 Å². The maximum Gasteiger partial charge on any atom is 0.258 e. The summed E-state index contributed by atoms with van der Waals surface area (Å²) in [6, 6.07) is 6.40. The van der Waals surface area contributed by atoms with Gasteiger partial charge >= 0.3 is 0 Å². The number of piperidine rings is 1. The van der Waals surface area contributed by atoms with Gasteiger partial charge in [-0.2, -0.15) is 0 Å². The average molecular weight is 327 g/mol. The fourth-order valence-electron chi connectivity index (χ4n) is 2.63. The van der Waals surface area contributed by atoms with Gasteiger partial charge in [0.2, 0.25) is 0 Å². The van der Waals surface area contributed by atoms with Crippen molar-refractivity contribution in [3.8, 4) is 5.75 Å². The highest BCUT2D eigenvalue weighted by Crippen LogP contribution is 2.27. The molecule has 1 unspecified atom stereocenters. The number of carbonyl (C=O) groups excluding carboxylic acids is 1. The molecule has 1 aromatic carbocycles. The van der Waals surface area contributed by atoms with Crippen molar-refractivity contribution in [2.75, 3.05) is 19.7 Å². The lowest BCUT2D eigenvalue weighted by Gasteiger charge is -2.24. The van der Waals surface area contributed by atoms with E-state index in [4.69, 9.17) is 4.74 Å². The normalized spacial score (nSPS) is 17.7. The van der Waals surface area contributed by atoms with Crippen molar-refractivity contribution in [2.45, 2.75) is 45.6 Å². The Morgan fingerprint density at radius 3 is 2.86 bits per heavy atom. The van der Waals surface area contributed by atoms with Gasteiger partial charge in [0.1, 0.15) is 5.75 Å². The molecule has 1 fully saturated rings. The summed E-state index contributed by atoms with van der Waals surface area (Å²) in [6.45, 7) is 8.28. The number of hydrogen-bond donors (Lipinski definition) is 2. The fraction of sp³-hybridized carbons (Fsp3) is 0.588. The van der Waals surface area contributed by atoms with Crippen molar-refractivity contribution in [1.29, 1.82) is 0 Å². The first kappa shape index (κ1) is 18.8. The van der Waals surface area contributed by atoms with Crippen molar-refractivity contribution in [2.24, 2.45) is 0 Å². The monoisotopic (exact) mass is 326 g/mol. The van der Waals surface area contributed by atoms with E-state index in [1.165, 1.54) is 0 Å². The third-order valence-electron chi connectivity index (χ3n) is 3.81. The van der Waals surface area contributed by atoms with Crippen LogP contribution in [0.25, 0.3) is 0 Å². The highest BCUT2D eigenvalue weighted by atomic mass is 35.5. The molecule has 0 aliphatic carbocycles. The Kier molecular flexibility index (Phi) is 7.69. The second-order valence-electron chi connectivity index (χ2n) is 6.10. The molecule has 1 amide bonds. The smallest absolute Gasteiger partial charge is 0.258 e. The number of ether oxygens (including phenoxy) is 1. The van der Waals surface area contributed by atoms with Crippen molar-refractivity contribution < 1.29 is 9.53 Å². The summed E-state index contributed by atoms with van der Waals surface area (Å²) in [5.41, 5.74) is 2.29. The number of nitrogens with one attached hydrogen (secondary N) is 2. The Morgan fingerprint density at radius 2 is 2.23 bits per heavy atom. The lowest BCUT2D eigenvalue weighted by molar-refractivity contribution is -0.123. The zero-order valence-electron chi connectivity index (χ0n) is 13.6. The third kappa shape index (κ3) is 5.50. The van der Waals surface area contributed by atoms with E-state index < -0.39 is 0 Å². The lowest BCUT2D eigenvalue weighted by atomic mass is 10.0. The Morgan fingerprint density at radius 1 is 1.45 bits per heavy atom. The van der Waals surface area contributed by atoms with Crippen LogP contribution < -0.4 is 15.4 Å². The van der Waals surface area contributed by atoms with E-state index in [1.807, 2.05) is 13.0 Å². The van der Waals surface area contributed by atoms with Crippen LogP contribution in [0.5, 0.6) is 5.75 Å². The van der Waals surface area contributed by atoms with Gasteiger partial charge in [0.15, 0.2) is 6.61 Å². The third-order valence-corrected chi connectivity index (χ3v) is 3.81. The van der Waals surface area contributed by atoms with Crippen molar-refractivity contribution >= 4 is 18.3 Å². The van der Waals surface area contributed by atoms with Gasteiger partial charge in [0.25, 0.3) is 5.91 Å². The van der Waals surface area contributed by atoms with Gasteiger partial charge in [-0.3, -0.25) is 4.79 Å².